The number of aliphatic carboxylic acids is 1. The Morgan fingerprint density at radius 3 is 2.23 bits per heavy atom. The Bertz CT molecular complexity index is 1030. The minimum Gasteiger partial charge on any atom is -0.481 e. The van der Waals surface area contributed by atoms with Gasteiger partial charge in [0.05, 0.1) is 18.6 Å². The van der Waals surface area contributed by atoms with Crippen LogP contribution in [0.5, 0.6) is 0 Å². The van der Waals surface area contributed by atoms with E-state index in [1.54, 1.807) is 12.1 Å². The average molecular weight is 426 g/mol. The zero-order valence-electron chi connectivity index (χ0n) is 17.8. The van der Waals surface area contributed by atoms with Crippen molar-refractivity contribution < 1.29 is 24.5 Å². The molecule has 0 aliphatic rings. The van der Waals surface area contributed by atoms with Gasteiger partial charge in [0.15, 0.2) is 0 Å². The van der Waals surface area contributed by atoms with E-state index < -0.39 is 18.2 Å². The topological polar surface area (TPSA) is 82.7 Å². The van der Waals surface area contributed by atoms with Crippen LogP contribution in [0, 0.1) is 19.7 Å². The Labute approximate surface area is 181 Å². The van der Waals surface area contributed by atoms with Crippen LogP contribution in [-0.4, -0.2) is 38.1 Å². The zero-order chi connectivity index (χ0) is 22.5. The molecule has 3 rings (SSSR count). The monoisotopic (exact) mass is 425 g/mol. The first-order chi connectivity index (χ1) is 14.8. The lowest BCUT2D eigenvalue weighted by molar-refractivity contribution is -0.139. The van der Waals surface area contributed by atoms with Crippen molar-refractivity contribution in [2.24, 2.45) is 0 Å². The summed E-state index contributed by atoms with van der Waals surface area (Å²) in [7, 11) is 0. The van der Waals surface area contributed by atoms with Gasteiger partial charge in [0.1, 0.15) is 5.82 Å². The molecule has 0 aliphatic heterocycles. The van der Waals surface area contributed by atoms with Crippen LogP contribution in [0.3, 0.4) is 0 Å². The molecule has 31 heavy (non-hydrogen) atoms. The van der Waals surface area contributed by atoms with Crippen LogP contribution in [0.15, 0.2) is 54.6 Å². The first-order valence-electron chi connectivity index (χ1n) is 10.4. The van der Waals surface area contributed by atoms with Crippen molar-refractivity contribution >= 4 is 5.97 Å². The summed E-state index contributed by atoms with van der Waals surface area (Å²) in [6.07, 6.45) is -1.36. The molecule has 3 N–H and O–H groups in total. The predicted molar refractivity (Wildman–Crippen MR) is 118 cm³/mol. The van der Waals surface area contributed by atoms with Crippen molar-refractivity contribution in [1.82, 2.24) is 4.57 Å². The molecular formula is C25H28FNO4. The maximum absolute atomic E-state index is 13.5. The molecular weight excluding hydrogens is 397 g/mol. The van der Waals surface area contributed by atoms with Gasteiger partial charge in [0, 0.05) is 22.6 Å². The van der Waals surface area contributed by atoms with Crippen LogP contribution in [0.4, 0.5) is 4.39 Å². The van der Waals surface area contributed by atoms with Gasteiger partial charge in [-0.1, -0.05) is 30.3 Å². The summed E-state index contributed by atoms with van der Waals surface area (Å²) in [4.78, 5) is 10.7. The van der Waals surface area contributed by atoms with Gasteiger partial charge in [-0.15, -0.1) is 0 Å². The van der Waals surface area contributed by atoms with Gasteiger partial charge in [0.25, 0.3) is 0 Å². The summed E-state index contributed by atoms with van der Waals surface area (Å²) in [5.74, 6) is -1.39. The second-order valence-corrected chi connectivity index (χ2v) is 7.88. The molecule has 0 radical (unpaired) electrons. The second kappa shape index (κ2) is 9.90. The lowest BCUT2D eigenvalue weighted by atomic mass is 9.95. The van der Waals surface area contributed by atoms with Crippen LogP contribution in [0.2, 0.25) is 0 Å². The molecule has 0 amide bonds. The Balaban J connectivity index is 1.94. The highest BCUT2D eigenvalue weighted by atomic mass is 19.1. The molecule has 0 unspecified atom stereocenters. The molecule has 2 aromatic carbocycles. The molecule has 0 bridgehead atoms. The third-order valence-corrected chi connectivity index (χ3v) is 5.60. The van der Waals surface area contributed by atoms with E-state index in [-0.39, 0.29) is 18.7 Å². The summed E-state index contributed by atoms with van der Waals surface area (Å²) in [6.45, 7) is 4.04. The molecule has 6 heteroatoms. The molecule has 0 fully saturated rings. The largest absolute Gasteiger partial charge is 0.481 e. The number of nitrogens with zero attached hydrogens (tertiary/aromatic N) is 1. The van der Waals surface area contributed by atoms with Crippen molar-refractivity contribution in [2.45, 2.75) is 51.7 Å². The minimum absolute atomic E-state index is 0.00953. The molecule has 0 spiro atoms. The van der Waals surface area contributed by atoms with Crippen LogP contribution >= 0.6 is 0 Å². The lowest BCUT2D eigenvalue weighted by Crippen LogP contribution is -2.21. The number of aliphatic hydroxyl groups is 2. The molecule has 164 valence electrons. The zero-order valence-corrected chi connectivity index (χ0v) is 17.8. The number of para-hydroxylation sites is 1. The Morgan fingerprint density at radius 2 is 1.61 bits per heavy atom. The maximum Gasteiger partial charge on any atom is 0.305 e. The van der Waals surface area contributed by atoms with Gasteiger partial charge in [-0.05, 0) is 68.5 Å². The fourth-order valence-electron chi connectivity index (χ4n) is 4.20. The van der Waals surface area contributed by atoms with Gasteiger partial charge in [-0.3, -0.25) is 4.79 Å². The van der Waals surface area contributed by atoms with E-state index in [2.05, 4.69) is 4.57 Å². The van der Waals surface area contributed by atoms with Gasteiger partial charge in [-0.2, -0.15) is 0 Å². The normalized spacial score (nSPS) is 13.2. The van der Waals surface area contributed by atoms with Crippen LogP contribution in [0.25, 0.3) is 16.8 Å². The van der Waals surface area contributed by atoms with Crippen molar-refractivity contribution in [1.29, 1.82) is 0 Å². The third-order valence-electron chi connectivity index (χ3n) is 5.60. The quantitative estimate of drug-likeness (QED) is 0.474. The van der Waals surface area contributed by atoms with E-state index in [0.717, 1.165) is 33.8 Å². The maximum atomic E-state index is 13.5. The number of carbonyl (C=O) groups is 1. The number of aliphatic hydroxyl groups excluding tert-OH is 2. The number of carboxylic acids is 1. The fraction of sp³-hybridized carbons (Fsp3) is 0.320. The SMILES string of the molecule is Cc1c(CC[C@H](O)C[C@H](O)CC(=O)O)c(-c2ccc(F)cc2)c(C)n1-c1ccccc1. The summed E-state index contributed by atoms with van der Waals surface area (Å²) >= 11 is 0. The summed E-state index contributed by atoms with van der Waals surface area (Å²) < 4.78 is 15.7. The highest BCUT2D eigenvalue weighted by molar-refractivity contribution is 5.73. The molecule has 1 heterocycles. The van der Waals surface area contributed by atoms with E-state index in [4.69, 9.17) is 5.11 Å². The van der Waals surface area contributed by atoms with E-state index in [1.165, 1.54) is 12.1 Å². The van der Waals surface area contributed by atoms with Crippen molar-refractivity contribution in [2.75, 3.05) is 0 Å². The Hall–Kier alpha value is -2.96. The van der Waals surface area contributed by atoms with E-state index in [0.29, 0.717) is 12.8 Å². The van der Waals surface area contributed by atoms with Crippen molar-refractivity contribution in [3.63, 3.8) is 0 Å². The number of hydrogen-bond donors (Lipinski definition) is 3. The lowest BCUT2D eigenvalue weighted by Gasteiger charge is -2.15. The number of carboxylic acid groups (broad SMARTS) is 1. The van der Waals surface area contributed by atoms with Gasteiger partial charge >= 0.3 is 5.97 Å². The number of aromatic nitrogens is 1. The number of halogens is 1. The first-order valence-corrected chi connectivity index (χ1v) is 10.4. The van der Waals surface area contributed by atoms with E-state index in [1.807, 2.05) is 44.2 Å². The molecule has 0 aliphatic carbocycles. The highest BCUT2D eigenvalue weighted by Gasteiger charge is 2.22. The molecule has 5 nitrogen and oxygen atoms in total. The Kier molecular flexibility index (Phi) is 7.25. The number of hydrogen-bond acceptors (Lipinski definition) is 3. The minimum atomic E-state index is -1.09. The van der Waals surface area contributed by atoms with Crippen LogP contribution in [-0.2, 0) is 11.2 Å². The highest BCUT2D eigenvalue weighted by Crippen LogP contribution is 2.35. The fourth-order valence-corrected chi connectivity index (χ4v) is 4.20. The summed E-state index contributed by atoms with van der Waals surface area (Å²) in [6, 6.07) is 16.3. The molecule has 0 saturated carbocycles. The molecule has 0 saturated heterocycles. The first kappa shape index (κ1) is 22.7. The standard InChI is InChI=1S/C25H28FNO4/c1-16-23(13-12-21(28)14-22(29)15-24(30)31)25(18-8-10-19(26)11-9-18)17(2)27(16)20-6-4-3-5-7-20/h3-11,21-22,28-29H,12-15H2,1-2H3,(H,30,31)/t21-,22-/m0/s1. The smallest absolute Gasteiger partial charge is 0.305 e. The molecule has 2 atom stereocenters. The molecule has 3 aromatic rings. The average Bonchev–Trinajstić information content (AvgIpc) is 2.96. The summed E-state index contributed by atoms with van der Waals surface area (Å²) in [5.41, 5.74) is 6.00. The number of benzene rings is 2. The van der Waals surface area contributed by atoms with Crippen molar-refractivity contribution in [3.05, 3.63) is 77.4 Å². The van der Waals surface area contributed by atoms with Crippen molar-refractivity contribution in [3.8, 4) is 16.8 Å². The number of rotatable bonds is 9. The van der Waals surface area contributed by atoms with Gasteiger partial charge in [-0.25, -0.2) is 4.39 Å². The van der Waals surface area contributed by atoms with Crippen LogP contribution < -0.4 is 0 Å². The predicted octanol–water partition coefficient (Wildman–Crippen LogP) is 4.42. The van der Waals surface area contributed by atoms with Crippen LogP contribution in [0.1, 0.15) is 36.2 Å². The second-order valence-electron chi connectivity index (χ2n) is 7.88. The van der Waals surface area contributed by atoms with Gasteiger partial charge < -0.3 is 19.9 Å². The summed E-state index contributed by atoms with van der Waals surface area (Å²) in [5, 5.41) is 29.0. The third kappa shape index (κ3) is 5.40. The van der Waals surface area contributed by atoms with E-state index in [9.17, 15) is 19.4 Å². The van der Waals surface area contributed by atoms with Gasteiger partial charge in [0.2, 0.25) is 0 Å². The molecule has 1 aromatic heterocycles. The van der Waals surface area contributed by atoms with E-state index >= 15 is 0 Å². The Morgan fingerprint density at radius 1 is 0.968 bits per heavy atom.